The molecule has 5 nitrogen and oxygen atoms in total. The maximum absolute atomic E-state index is 12.2. The van der Waals surface area contributed by atoms with Crippen LogP contribution in [0.2, 0.25) is 0 Å². The zero-order chi connectivity index (χ0) is 20.0. The molecule has 0 aliphatic carbocycles. The highest BCUT2D eigenvalue weighted by Crippen LogP contribution is 2.27. The molecule has 144 valence electrons. The van der Waals surface area contributed by atoms with Crippen molar-refractivity contribution in [3.63, 3.8) is 0 Å². The van der Waals surface area contributed by atoms with Gasteiger partial charge in [0.05, 0.1) is 5.56 Å². The summed E-state index contributed by atoms with van der Waals surface area (Å²) in [5, 5.41) is 2.78. The van der Waals surface area contributed by atoms with E-state index in [1.807, 2.05) is 6.07 Å². The number of ether oxygens (including phenoxy) is 2. The Hall–Kier alpha value is -3.55. The van der Waals surface area contributed by atoms with E-state index in [0.29, 0.717) is 17.1 Å². The molecule has 3 rings (SSSR count). The highest BCUT2D eigenvalue weighted by molar-refractivity contribution is 5.93. The molecule has 28 heavy (non-hydrogen) atoms. The van der Waals surface area contributed by atoms with Crippen molar-refractivity contribution in [1.82, 2.24) is 10.3 Å². The number of alkyl halides is 3. The second kappa shape index (κ2) is 8.43. The number of carbonyl (C=O) groups excluding carboxylic acids is 1. The van der Waals surface area contributed by atoms with Crippen molar-refractivity contribution < 1.29 is 27.4 Å². The van der Waals surface area contributed by atoms with Gasteiger partial charge in [-0.25, -0.2) is 0 Å². The van der Waals surface area contributed by atoms with Gasteiger partial charge >= 0.3 is 6.36 Å². The topological polar surface area (TPSA) is 60.5 Å². The number of rotatable bonds is 6. The lowest BCUT2D eigenvalue weighted by molar-refractivity contribution is -0.274. The Labute approximate surface area is 158 Å². The summed E-state index contributed by atoms with van der Waals surface area (Å²) in [6.07, 6.45) is -1.68. The van der Waals surface area contributed by atoms with Crippen LogP contribution in [0.25, 0.3) is 0 Å². The molecule has 0 spiro atoms. The minimum absolute atomic E-state index is 0.250. The van der Waals surface area contributed by atoms with Gasteiger partial charge in [-0.3, -0.25) is 9.78 Å². The molecule has 1 aromatic heterocycles. The number of nitrogens with zero attached hydrogens (tertiary/aromatic N) is 1. The zero-order valence-electron chi connectivity index (χ0n) is 14.4. The Morgan fingerprint density at radius 2 is 1.71 bits per heavy atom. The van der Waals surface area contributed by atoms with E-state index in [2.05, 4.69) is 15.0 Å². The van der Waals surface area contributed by atoms with Gasteiger partial charge < -0.3 is 14.8 Å². The van der Waals surface area contributed by atoms with E-state index in [0.717, 1.165) is 5.56 Å². The minimum atomic E-state index is -4.74. The van der Waals surface area contributed by atoms with Crippen LogP contribution >= 0.6 is 0 Å². The lowest BCUT2D eigenvalue weighted by Crippen LogP contribution is -2.22. The molecule has 0 unspecified atom stereocenters. The summed E-state index contributed by atoms with van der Waals surface area (Å²) in [7, 11) is 0. The molecule has 3 aromatic rings. The summed E-state index contributed by atoms with van der Waals surface area (Å²) in [5.41, 5.74) is 1.25. The van der Waals surface area contributed by atoms with E-state index in [9.17, 15) is 18.0 Å². The first-order valence-corrected chi connectivity index (χ1v) is 8.20. The summed E-state index contributed by atoms with van der Waals surface area (Å²) in [6.45, 7) is 0.281. The zero-order valence-corrected chi connectivity index (χ0v) is 14.4. The largest absolute Gasteiger partial charge is 0.573 e. The minimum Gasteiger partial charge on any atom is -0.457 e. The number of nitrogens with one attached hydrogen (secondary N) is 1. The van der Waals surface area contributed by atoms with Crippen LogP contribution in [0.5, 0.6) is 17.2 Å². The van der Waals surface area contributed by atoms with E-state index >= 15 is 0 Å². The van der Waals surface area contributed by atoms with Gasteiger partial charge in [0.15, 0.2) is 0 Å². The lowest BCUT2D eigenvalue weighted by Gasteiger charge is -2.11. The highest BCUT2D eigenvalue weighted by atomic mass is 19.4. The number of benzene rings is 2. The van der Waals surface area contributed by atoms with Crippen LogP contribution in [0.4, 0.5) is 13.2 Å². The van der Waals surface area contributed by atoms with Crippen molar-refractivity contribution in [2.24, 2.45) is 0 Å². The van der Waals surface area contributed by atoms with Crippen LogP contribution < -0.4 is 14.8 Å². The number of hydrogen-bond donors (Lipinski definition) is 1. The van der Waals surface area contributed by atoms with Gasteiger partial charge in [0, 0.05) is 18.9 Å². The standard InChI is InChI=1S/C20H15F3N2O3/c21-20(22,23)28-17-8-6-16(7-9-17)27-18-5-1-3-14(11-18)12-25-19(26)15-4-2-10-24-13-15/h1-11,13H,12H2,(H,25,26). The molecule has 1 amide bonds. The van der Waals surface area contributed by atoms with Crippen LogP contribution in [0.15, 0.2) is 73.1 Å². The molecular formula is C20H15F3N2O3. The maximum atomic E-state index is 12.2. The molecule has 2 aromatic carbocycles. The Balaban J connectivity index is 1.59. The highest BCUT2D eigenvalue weighted by Gasteiger charge is 2.30. The molecule has 0 bridgehead atoms. The van der Waals surface area contributed by atoms with Crippen molar-refractivity contribution in [2.75, 3.05) is 0 Å². The first kappa shape index (κ1) is 19.2. The number of amides is 1. The molecule has 0 atom stereocenters. The first-order valence-electron chi connectivity index (χ1n) is 8.20. The van der Waals surface area contributed by atoms with Crippen molar-refractivity contribution in [2.45, 2.75) is 12.9 Å². The number of aromatic nitrogens is 1. The van der Waals surface area contributed by atoms with Gasteiger partial charge in [-0.2, -0.15) is 0 Å². The third-order valence-corrected chi connectivity index (χ3v) is 3.57. The summed E-state index contributed by atoms with van der Waals surface area (Å²) in [6, 6.07) is 15.4. The molecule has 0 aliphatic rings. The average molecular weight is 388 g/mol. The Bertz CT molecular complexity index is 929. The number of halogens is 3. The summed E-state index contributed by atoms with van der Waals surface area (Å²) >= 11 is 0. The average Bonchev–Trinajstić information content (AvgIpc) is 2.67. The number of hydrogen-bond acceptors (Lipinski definition) is 4. The quantitative estimate of drug-likeness (QED) is 0.665. The van der Waals surface area contributed by atoms with Gasteiger partial charge in [0.1, 0.15) is 17.2 Å². The summed E-state index contributed by atoms with van der Waals surface area (Å²) in [4.78, 5) is 15.9. The molecule has 1 N–H and O–H groups in total. The monoisotopic (exact) mass is 388 g/mol. The van der Waals surface area contributed by atoms with Crippen LogP contribution in [-0.4, -0.2) is 17.3 Å². The van der Waals surface area contributed by atoms with Crippen molar-refractivity contribution in [3.05, 3.63) is 84.2 Å². The van der Waals surface area contributed by atoms with E-state index in [1.165, 1.54) is 30.5 Å². The van der Waals surface area contributed by atoms with Crippen molar-refractivity contribution in [3.8, 4) is 17.2 Å². The van der Waals surface area contributed by atoms with Gasteiger partial charge in [-0.1, -0.05) is 12.1 Å². The molecular weight excluding hydrogens is 373 g/mol. The second-order valence-electron chi connectivity index (χ2n) is 5.69. The predicted molar refractivity (Wildman–Crippen MR) is 95.0 cm³/mol. The molecule has 1 heterocycles. The van der Waals surface area contributed by atoms with E-state index in [4.69, 9.17) is 4.74 Å². The van der Waals surface area contributed by atoms with E-state index in [1.54, 1.807) is 36.5 Å². The number of carbonyl (C=O) groups is 1. The van der Waals surface area contributed by atoms with Crippen LogP contribution in [0.3, 0.4) is 0 Å². The lowest BCUT2D eigenvalue weighted by atomic mass is 10.2. The fraction of sp³-hybridized carbons (Fsp3) is 0.100. The number of pyridine rings is 1. The van der Waals surface area contributed by atoms with E-state index in [-0.39, 0.29) is 18.2 Å². The SMILES string of the molecule is O=C(NCc1cccc(Oc2ccc(OC(F)(F)F)cc2)c1)c1cccnc1. The van der Waals surface area contributed by atoms with E-state index < -0.39 is 6.36 Å². The van der Waals surface area contributed by atoms with Gasteiger partial charge in [0.2, 0.25) is 0 Å². The third-order valence-electron chi connectivity index (χ3n) is 3.57. The fourth-order valence-electron chi connectivity index (χ4n) is 2.35. The first-order chi connectivity index (χ1) is 13.4. The summed E-state index contributed by atoms with van der Waals surface area (Å²) < 4.78 is 46.0. The normalized spacial score (nSPS) is 11.0. The third kappa shape index (κ3) is 5.73. The smallest absolute Gasteiger partial charge is 0.457 e. The molecule has 0 saturated heterocycles. The maximum Gasteiger partial charge on any atom is 0.573 e. The molecule has 0 aliphatic heterocycles. The summed E-state index contributed by atoms with van der Waals surface area (Å²) in [5.74, 6) is 0.259. The Morgan fingerprint density at radius 3 is 2.39 bits per heavy atom. The van der Waals surface area contributed by atoms with Crippen LogP contribution in [0, 0.1) is 0 Å². The second-order valence-corrected chi connectivity index (χ2v) is 5.69. The molecule has 0 radical (unpaired) electrons. The van der Waals surface area contributed by atoms with Crippen molar-refractivity contribution in [1.29, 1.82) is 0 Å². The Morgan fingerprint density at radius 1 is 0.964 bits per heavy atom. The predicted octanol–water partition coefficient (Wildman–Crippen LogP) is 4.70. The molecule has 0 fully saturated rings. The van der Waals surface area contributed by atoms with Crippen molar-refractivity contribution >= 4 is 5.91 Å². The fourth-order valence-corrected chi connectivity index (χ4v) is 2.35. The molecule has 8 heteroatoms. The Kier molecular flexibility index (Phi) is 5.78. The van der Waals surface area contributed by atoms with Crippen LogP contribution in [0.1, 0.15) is 15.9 Å². The van der Waals surface area contributed by atoms with Crippen LogP contribution in [-0.2, 0) is 6.54 Å². The van der Waals surface area contributed by atoms with Gasteiger partial charge in [0.25, 0.3) is 5.91 Å². The van der Waals surface area contributed by atoms with Gasteiger partial charge in [-0.15, -0.1) is 13.2 Å². The van der Waals surface area contributed by atoms with Gasteiger partial charge in [-0.05, 0) is 54.1 Å². The molecule has 0 saturated carbocycles.